The van der Waals surface area contributed by atoms with Gasteiger partial charge >= 0.3 is 5.97 Å². The predicted molar refractivity (Wildman–Crippen MR) is 148 cm³/mol. The highest BCUT2D eigenvalue weighted by Gasteiger charge is 2.45. The molecule has 0 radical (unpaired) electrons. The number of carbonyl (C=O) groups excluding carboxylic acids is 4. The first-order chi connectivity index (χ1) is 18.1. The molecule has 2 aliphatic heterocycles. The lowest BCUT2D eigenvalue weighted by Crippen LogP contribution is -2.61. The standard InChI is InChI=1S/C28H49N5O6/c1-16(2)21(29-24(34)22(17(3)4)31(9)27(37)23(18(5)6)30(7)8)26(36)32-14-10-12-19(32)25(35)33-15-11-13-20(33)28(38)39/h16-23H,10-15H2,1-9H3,(H,29,34)(H,38,39)/t19-,20-,21-,22-,23-/m0/s1. The number of carboxylic acid groups (broad SMARTS) is 1. The van der Waals surface area contributed by atoms with Gasteiger partial charge < -0.3 is 25.1 Å². The van der Waals surface area contributed by atoms with Crippen molar-refractivity contribution in [3.63, 3.8) is 0 Å². The smallest absolute Gasteiger partial charge is 0.326 e. The molecule has 0 aliphatic carbocycles. The number of likely N-dealkylation sites (tertiary alicyclic amines) is 2. The van der Waals surface area contributed by atoms with Crippen LogP contribution in [0.1, 0.15) is 67.2 Å². The first kappa shape index (κ1) is 32.5. The molecular formula is C28H49N5O6. The van der Waals surface area contributed by atoms with Gasteiger partial charge in [0.25, 0.3) is 0 Å². The average Bonchev–Trinajstić information content (AvgIpc) is 3.51. The number of carbonyl (C=O) groups is 5. The van der Waals surface area contributed by atoms with Crippen LogP contribution < -0.4 is 5.32 Å². The van der Waals surface area contributed by atoms with E-state index in [1.54, 1.807) is 7.05 Å². The number of rotatable bonds is 11. The molecule has 2 fully saturated rings. The summed E-state index contributed by atoms with van der Waals surface area (Å²) in [6.07, 6.45) is 2.10. The average molecular weight is 552 g/mol. The van der Waals surface area contributed by atoms with E-state index in [2.05, 4.69) is 5.32 Å². The lowest BCUT2D eigenvalue weighted by molar-refractivity contribution is -0.152. The van der Waals surface area contributed by atoms with Gasteiger partial charge in [0.2, 0.25) is 23.6 Å². The van der Waals surface area contributed by atoms with Crippen LogP contribution in [-0.2, 0) is 24.0 Å². The summed E-state index contributed by atoms with van der Waals surface area (Å²) in [5.74, 6) is -2.75. The van der Waals surface area contributed by atoms with E-state index in [1.165, 1.54) is 14.7 Å². The Balaban J connectivity index is 2.25. The first-order valence-corrected chi connectivity index (χ1v) is 14.2. The summed E-state index contributed by atoms with van der Waals surface area (Å²) >= 11 is 0. The molecular weight excluding hydrogens is 502 g/mol. The Labute approximate surface area is 233 Å². The van der Waals surface area contributed by atoms with Gasteiger partial charge in [-0.1, -0.05) is 41.5 Å². The molecule has 11 heteroatoms. The van der Waals surface area contributed by atoms with Crippen molar-refractivity contribution in [1.82, 2.24) is 24.9 Å². The van der Waals surface area contributed by atoms with E-state index < -0.39 is 42.1 Å². The fourth-order valence-electron chi connectivity index (χ4n) is 6.07. The summed E-state index contributed by atoms with van der Waals surface area (Å²) in [4.78, 5) is 72.1. The number of hydrogen-bond acceptors (Lipinski definition) is 6. The molecule has 0 bridgehead atoms. The van der Waals surface area contributed by atoms with Crippen molar-refractivity contribution < 1.29 is 29.1 Å². The van der Waals surface area contributed by atoms with Gasteiger partial charge in [0.15, 0.2) is 0 Å². The monoisotopic (exact) mass is 551 g/mol. The molecule has 39 heavy (non-hydrogen) atoms. The molecule has 0 aromatic carbocycles. The molecule has 11 nitrogen and oxygen atoms in total. The number of nitrogens with zero attached hydrogens (tertiary/aromatic N) is 4. The Kier molecular flexibility index (Phi) is 11.3. The molecule has 5 atom stereocenters. The first-order valence-electron chi connectivity index (χ1n) is 14.2. The number of aliphatic carboxylic acids is 1. The molecule has 2 rings (SSSR count). The van der Waals surface area contributed by atoms with Crippen molar-refractivity contribution in [3.05, 3.63) is 0 Å². The minimum Gasteiger partial charge on any atom is -0.480 e. The van der Waals surface area contributed by atoms with Crippen LogP contribution in [0.15, 0.2) is 0 Å². The maximum Gasteiger partial charge on any atom is 0.326 e. The van der Waals surface area contributed by atoms with Crippen LogP contribution in [0.2, 0.25) is 0 Å². The zero-order chi connectivity index (χ0) is 29.8. The molecule has 2 saturated heterocycles. The lowest BCUT2D eigenvalue weighted by atomic mass is 9.96. The highest BCUT2D eigenvalue weighted by molar-refractivity contribution is 5.96. The van der Waals surface area contributed by atoms with Crippen molar-refractivity contribution in [2.45, 2.75) is 97.4 Å². The largest absolute Gasteiger partial charge is 0.480 e. The summed E-state index contributed by atoms with van der Waals surface area (Å²) in [6.45, 7) is 12.0. The summed E-state index contributed by atoms with van der Waals surface area (Å²) in [6, 6.07) is -3.69. The zero-order valence-electron chi connectivity index (χ0n) is 25.1. The van der Waals surface area contributed by atoms with Crippen molar-refractivity contribution in [3.8, 4) is 0 Å². The van der Waals surface area contributed by atoms with Crippen LogP contribution in [0.4, 0.5) is 0 Å². The normalized spacial score (nSPS) is 22.0. The second-order valence-corrected chi connectivity index (χ2v) is 12.2. The maximum atomic E-state index is 13.8. The Morgan fingerprint density at radius 2 is 1.28 bits per heavy atom. The third-order valence-electron chi connectivity index (χ3n) is 7.98. The Morgan fingerprint density at radius 3 is 1.74 bits per heavy atom. The number of nitrogens with one attached hydrogen (secondary N) is 1. The van der Waals surface area contributed by atoms with E-state index in [1.807, 2.05) is 60.5 Å². The predicted octanol–water partition coefficient (Wildman–Crippen LogP) is 1.26. The highest BCUT2D eigenvalue weighted by atomic mass is 16.4. The Morgan fingerprint density at radius 1 is 0.769 bits per heavy atom. The van der Waals surface area contributed by atoms with E-state index >= 15 is 0 Å². The molecule has 0 saturated carbocycles. The number of carboxylic acids is 1. The van der Waals surface area contributed by atoms with Gasteiger partial charge in [0, 0.05) is 20.1 Å². The van der Waals surface area contributed by atoms with E-state index in [-0.39, 0.29) is 35.5 Å². The summed E-state index contributed by atoms with van der Waals surface area (Å²) in [5, 5.41) is 12.4. The van der Waals surface area contributed by atoms with E-state index in [0.29, 0.717) is 38.8 Å². The fraction of sp³-hybridized carbons (Fsp3) is 0.821. The molecule has 0 aromatic rings. The lowest BCUT2D eigenvalue weighted by Gasteiger charge is -2.38. The van der Waals surface area contributed by atoms with Crippen LogP contribution in [0, 0.1) is 17.8 Å². The van der Waals surface area contributed by atoms with Crippen LogP contribution in [0.5, 0.6) is 0 Å². The molecule has 0 spiro atoms. The molecule has 2 heterocycles. The van der Waals surface area contributed by atoms with Gasteiger partial charge in [0.1, 0.15) is 24.2 Å². The van der Waals surface area contributed by atoms with E-state index in [0.717, 1.165) is 0 Å². The van der Waals surface area contributed by atoms with Crippen molar-refractivity contribution in [2.24, 2.45) is 17.8 Å². The summed E-state index contributed by atoms with van der Waals surface area (Å²) in [5.41, 5.74) is 0. The van der Waals surface area contributed by atoms with Gasteiger partial charge in [-0.3, -0.25) is 24.1 Å². The number of hydrogen-bond donors (Lipinski definition) is 2. The molecule has 222 valence electrons. The third-order valence-corrected chi connectivity index (χ3v) is 7.98. The van der Waals surface area contributed by atoms with E-state index in [4.69, 9.17) is 0 Å². The van der Waals surface area contributed by atoms with Crippen molar-refractivity contribution >= 4 is 29.6 Å². The summed E-state index contributed by atoms with van der Waals surface area (Å²) in [7, 11) is 5.30. The van der Waals surface area contributed by atoms with Gasteiger partial charge in [-0.2, -0.15) is 0 Å². The molecule has 0 aromatic heterocycles. The maximum absolute atomic E-state index is 13.8. The summed E-state index contributed by atoms with van der Waals surface area (Å²) < 4.78 is 0. The quantitative estimate of drug-likeness (QED) is 0.395. The zero-order valence-corrected chi connectivity index (χ0v) is 25.1. The van der Waals surface area contributed by atoms with Gasteiger partial charge in [0.05, 0.1) is 6.04 Å². The van der Waals surface area contributed by atoms with E-state index in [9.17, 15) is 29.1 Å². The second kappa shape index (κ2) is 13.6. The fourth-order valence-corrected chi connectivity index (χ4v) is 6.07. The van der Waals surface area contributed by atoms with Gasteiger partial charge in [-0.15, -0.1) is 0 Å². The number of amides is 4. The topological polar surface area (TPSA) is 131 Å². The second-order valence-electron chi connectivity index (χ2n) is 12.2. The molecule has 4 amide bonds. The van der Waals surface area contributed by atoms with Crippen LogP contribution in [0.3, 0.4) is 0 Å². The molecule has 2 N–H and O–H groups in total. The molecule has 2 aliphatic rings. The minimum absolute atomic E-state index is 0.0387. The molecule has 0 unspecified atom stereocenters. The van der Waals surface area contributed by atoms with Gasteiger partial charge in [-0.25, -0.2) is 4.79 Å². The minimum atomic E-state index is -1.03. The van der Waals surface area contributed by atoms with Crippen LogP contribution >= 0.6 is 0 Å². The van der Waals surface area contributed by atoms with Crippen molar-refractivity contribution in [2.75, 3.05) is 34.2 Å². The van der Waals surface area contributed by atoms with Crippen molar-refractivity contribution in [1.29, 1.82) is 0 Å². The van der Waals surface area contributed by atoms with Gasteiger partial charge in [-0.05, 0) is 57.5 Å². The highest BCUT2D eigenvalue weighted by Crippen LogP contribution is 2.26. The Bertz CT molecular complexity index is 912. The Hall–Kier alpha value is -2.69. The van der Waals surface area contributed by atoms with Crippen LogP contribution in [-0.4, -0.2) is 119 Å². The third kappa shape index (κ3) is 7.29. The number of likely N-dealkylation sites (N-methyl/N-ethyl adjacent to an activating group) is 2. The SMILES string of the molecule is CC(C)[C@H](NC(=O)[C@H](C(C)C)N(C)C(=O)[C@H](C(C)C)N(C)C)C(=O)N1CCC[C@H]1C(=O)N1CCC[C@H]1C(=O)O. The van der Waals surface area contributed by atoms with Crippen LogP contribution in [0.25, 0.3) is 0 Å².